The minimum Gasteiger partial charge on any atom is -0.493 e. The predicted octanol–water partition coefficient (Wildman–Crippen LogP) is 1.31. The van der Waals surface area contributed by atoms with Gasteiger partial charge in [-0.1, -0.05) is 12.1 Å². The first-order chi connectivity index (χ1) is 11.1. The Morgan fingerprint density at radius 2 is 1.83 bits per heavy atom. The van der Waals surface area contributed by atoms with Crippen LogP contribution in [0.1, 0.15) is 30.1 Å². The topological polar surface area (TPSA) is 66.9 Å². The summed E-state index contributed by atoms with van der Waals surface area (Å²) in [5.41, 5.74) is 0.557. The summed E-state index contributed by atoms with van der Waals surface area (Å²) in [6, 6.07) is 7.20. The van der Waals surface area contributed by atoms with Crippen LogP contribution in [0.4, 0.5) is 0 Å². The van der Waals surface area contributed by atoms with E-state index >= 15 is 0 Å². The molecule has 3 amide bonds. The van der Waals surface area contributed by atoms with Gasteiger partial charge in [0.1, 0.15) is 5.75 Å². The molecule has 0 atom stereocenters. The third-order valence-electron chi connectivity index (χ3n) is 4.26. The number of rotatable bonds is 5. The van der Waals surface area contributed by atoms with Crippen LogP contribution in [0.5, 0.6) is 5.75 Å². The molecule has 0 radical (unpaired) electrons. The molecule has 2 heterocycles. The van der Waals surface area contributed by atoms with Crippen molar-refractivity contribution in [1.82, 2.24) is 9.80 Å². The summed E-state index contributed by atoms with van der Waals surface area (Å²) in [4.78, 5) is 38.8. The molecule has 2 fully saturated rings. The van der Waals surface area contributed by atoms with Crippen LogP contribution in [0.15, 0.2) is 24.3 Å². The summed E-state index contributed by atoms with van der Waals surface area (Å²) < 4.78 is 5.49. The summed E-state index contributed by atoms with van der Waals surface area (Å²) >= 11 is 0. The fourth-order valence-electron chi connectivity index (χ4n) is 3.03. The van der Waals surface area contributed by atoms with E-state index in [1.807, 2.05) is 19.1 Å². The molecule has 0 saturated carbocycles. The maximum Gasteiger partial charge on any atom is 0.257 e. The molecule has 1 aromatic rings. The molecule has 2 aliphatic heterocycles. The number of likely N-dealkylation sites (tertiary alicyclic amines) is 2. The number of nitrogens with zero attached hydrogens (tertiary/aromatic N) is 2. The largest absolute Gasteiger partial charge is 0.493 e. The number of benzene rings is 1. The van der Waals surface area contributed by atoms with Crippen molar-refractivity contribution in [3.63, 3.8) is 0 Å². The first-order valence-corrected chi connectivity index (χ1v) is 7.94. The quantitative estimate of drug-likeness (QED) is 0.768. The molecular weight excluding hydrogens is 296 g/mol. The summed E-state index contributed by atoms with van der Waals surface area (Å²) in [5, 5.41) is 0. The lowest BCUT2D eigenvalue weighted by molar-refractivity contribution is -0.139. The molecule has 2 aliphatic rings. The van der Waals surface area contributed by atoms with Gasteiger partial charge in [0, 0.05) is 38.4 Å². The SMILES string of the molecule is CCOc1ccccc1C(=O)N1CC(CN2C(=O)CCC2=O)C1. The van der Waals surface area contributed by atoms with E-state index in [9.17, 15) is 14.4 Å². The molecule has 6 heteroatoms. The molecule has 122 valence electrons. The molecule has 0 aliphatic carbocycles. The zero-order valence-corrected chi connectivity index (χ0v) is 13.2. The van der Waals surface area contributed by atoms with E-state index in [4.69, 9.17) is 4.74 Å². The summed E-state index contributed by atoms with van der Waals surface area (Å²) in [6.07, 6.45) is 0.631. The van der Waals surface area contributed by atoms with Gasteiger partial charge in [0.2, 0.25) is 11.8 Å². The number of ether oxygens (including phenoxy) is 1. The third-order valence-corrected chi connectivity index (χ3v) is 4.26. The summed E-state index contributed by atoms with van der Waals surface area (Å²) in [6.45, 7) is 3.94. The van der Waals surface area contributed by atoms with E-state index in [2.05, 4.69) is 0 Å². The maximum absolute atomic E-state index is 12.5. The van der Waals surface area contributed by atoms with E-state index in [1.54, 1.807) is 17.0 Å². The lowest BCUT2D eigenvalue weighted by atomic mass is 9.98. The highest BCUT2D eigenvalue weighted by atomic mass is 16.5. The number of para-hydroxylation sites is 1. The number of hydrogen-bond acceptors (Lipinski definition) is 4. The smallest absolute Gasteiger partial charge is 0.257 e. The van der Waals surface area contributed by atoms with Crippen LogP contribution < -0.4 is 4.74 Å². The van der Waals surface area contributed by atoms with Crippen LogP contribution in [-0.2, 0) is 9.59 Å². The summed E-state index contributed by atoms with van der Waals surface area (Å²) in [7, 11) is 0. The molecule has 2 saturated heterocycles. The standard InChI is InChI=1S/C17H20N2O4/c1-2-23-14-6-4-3-5-13(14)17(22)18-9-12(10-18)11-19-15(20)7-8-16(19)21/h3-6,12H,2,7-11H2,1H3. The van der Waals surface area contributed by atoms with Gasteiger partial charge in [0.15, 0.2) is 0 Å². The van der Waals surface area contributed by atoms with Crippen molar-refractivity contribution in [2.75, 3.05) is 26.2 Å². The minimum atomic E-state index is -0.0959. The summed E-state index contributed by atoms with van der Waals surface area (Å²) in [5.74, 6) is 0.505. The molecule has 1 aromatic carbocycles. The van der Waals surface area contributed by atoms with Gasteiger partial charge >= 0.3 is 0 Å². The Hall–Kier alpha value is -2.37. The van der Waals surface area contributed by atoms with Crippen molar-refractivity contribution >= 4 is 17.7 Å². The van der Waals surface area contributed by atoms with Crippen molar-refractivity contribution in [1.29, 1.82) is 0 Å². The number of hydrogen-bond donors (Lipinski definition) is 0. The molecule has 0 bridgehead atoms. The molecule has 23 heavy (non-hydrogen) atoms. The highest BCUT2D eigenvalue weighted by Gasteiger charge is 2.37. The fourth-order valence-corrected chi connectivity index (χ4v) is 3.03. The predicted molar refractivity (Wildman–Crippen MR) is 83.0 cm³/mol. The Balaban J connectivity index is 1.58. The van der Waals surface area contributed by atoms with Crippen molar-refractivity contribution in [3.05, 3.63) is 29.8 Å². The Morgan fingerprint density at radius 3 is 2.48 bits per heavy atom. The van der Waals surface area contributed by atoms with Gasteiger partial charge in [-0.05, 0) is 19.1 Å². The molecule has 6 nitrogen and oxygen atoms in total. The van der Waals surface area contributed by atoms with Crippen LogP contribution in [0.3, 0.4) is 0 Å². The maximum atomic E-state index is 12.5. The number of imide groups is 1. The van der Waals surface area contributed by atoms with Crippen LogP contribution in [-0.4, -0.2) is 53.8 Å². The van der Waals surface area contributed by atoms with Crippen LogP contribution >= 0.6 is 0 Å². The fraction of sp³-hybridized carbons (Fsp3) is 0.471. The Labute approximate surface area is 135 Å². The number of amides is 3. The Morgan fingerprint density at radius 1 is 1.17 bits per heavy atom. The van der Waals surface area contributed by atoms with Gasteiger partial charge in [-0.3, -0.25) is 19.3 Å². The van der Waals surface area contributed by atoms with E-state index in [0.29, 0.717) is 50.4 Å². The van der Waals surface area contributed by atoms with E-state index in [0.717, 1.165) is 0 Å². The molecule has 0 N–H and O–H groups in total. The Kier molecular flexibility index (Phi) is 4.32. The number of carbonyl (C=O) groups excluding carboxylic acids is 3. The molecular formula is C17H20N2O4. The van der Waals surface area contributed by atoms with Crippen LogP contribution in [0.2, 0.25) is 0 Å². The van der Waals surface area contributed by atoms with Crippen molar-refractivity contribution in [2.24, 2.45) is 5.92 Å². The van der Waals surface area contributed by atoms with Crippen molar-refractivity contribution in [3.8, 4) is 5.75 Å². The normalized spacial score (nSPS) is 18.3. The zero-order valence-electron chi connectivity index (χ0n) is 13.2. The first kappa shape index (κ1) is 15.5. The second-order valence-corrected chi connectivity index (χ2v) is 5.90. The van der Waals surface area contributed by atoms with Gasteiger partial charge in [0.05, 0.1) is 12.2 Å². The lowest BCUT2D eigenvalue weighted by Crippen LogP contribution is -2.54. The first-order valence-electron chi connectivity index (χ1n) is 7.94. The Bertz CT molecular complexity index is 621. The highest BCUT2D eigenvalue weighted by molar-refractivity contribution is 6.02. The van der Waals surface area contributed by atoms with Gasteiger partial charge in [-0.15, -0.1) is 0 Å². The lowest BCUT2D eigenvalue weighted by Gasteiger charge is -2.40. The molecule has 0 unspecified atom stereocenters. The van der Waals surface area contributed by atoms with E-state index in [-0.39, 0.29) is 23.6 Å². The molecule has 3 rings (SSSR count). The van der Waals surface area contributed by atoms with Gasteiger partial charge < -0.3 is 9.64 Å². The van der Waals surface area contributed by atoms with Gasteiger partial charge in [-0.25, -0.2) is 0 Å². The average Bonchev–Trinajstić information content (AvgIpc) is 2.82. The second kappa shape index (κ2) is 6.40. The zero-order chi connectivity index (χ0) is 16.4. The van der Waals surface area contributed by atoms with Crippen molar-refractivity contribution in [2.45, 2.75) is 19.8 Å². The molecule has 0 spiro atoms. The van der Waals surface area contributed by atoms with Crippen molar-refractivity contribution < 1.29 is 19.1 Å². The highest BCUT2D eigenvalue weighted by Crippen LogP contribution is 2.26. The van der Waals surface area contributed by atoms with Crippen LogP contribution in [0.25, 0.3) is 0 Å². The van der Waals surface area contributed by atoms with Gasteiger partial charge in [0.25, 0.3) is 5.91 Å². The van der Waals surface area contributed by atoms with Crippen LogP contribution in [0, 0.1) is 5.92 Å². The second-order valence-electron chi connectivity index (χ2n) is 5.90. The van der Waals surface area contributed by atoms with Gasteiger partial charge in [-0.2, -0.15) is 0 Å². The number of carbonyl (C=O) groups is 3. The third kappa shape index (κ3) is 3.06. The minimum absolute atomic E-state index is 0.0654. The van der Waals surface area contributed by atoms with E-state index < -0.39 is 0 Å². The average molecular weight is 316 g/mol. The van der Waals surface area contributed by atoms with E-state index in [1.165, 1.54) is 4.90 Å². The molecule has 0 aromatic heterocycles. The monoisotopic (exact) mass is 316 g/mol.